The smallest absolute Gasteiger partial charge is 0.310 e. The van der Waals surface area contributed by atoms with Gasteiger partial charge in [0.15, 0.2) is 0 Å². The first-order valence-corrected chi connectivity index (χ1v) is 7.59. The summed E-state index contributed by atoms with van der Waals surface area (Å²) in [6.45, 7) is 4.83. The van der Waals surface area contributed by atoms with Gasteiger partial charge in [0.1, 0.15) is 5.82 Å². The van der Waals surface area contributed by atoms with Gasteiger partial charge in [-0.25, -0.2) is 4.98 Å². The maximum absolute atomic E-state index is 11.9. The lowest BCUT2D eigenvalue weighted by atomic mass is 9.98. The molecule has 1 aromatic heterocycles. The van der Waals surface area contributed by atoms with Gasteiger partial charge in [-0.3, -0.25) is 9.69 Å². The monoisotopic (exact) mass is 287 g/mol. The molecule has 21 heavy (non-hydrogen) atoms. The molecule has 1 aliphatic heterocycles. The molecule has 5 heteroatoms. The highest BCUT2D eigenvalue weighted by molar-refractivity contribution is 5.74. The maximum atomic E-state index is 11.9. The molecule has 1 fully saturated rings. The van der Waals surface area contributed by atoms with Gasteiger partial charge in [0.25, 0.3) is 0 Å². The summed E-state index contributed by atoms with van der Waals surface area (Å²) in [5.41, 5.74) is 2.05. The van der Waals surface area contributed by atoms with E-state index >= 15 is 0 Å². The number of para-hydroxylation sites is 2. The molecule has 0 amide bonds. The van der Waals surface area contributed by atoms with Crippen LogP contribution < -0.4 is 0 Å². The first-order valence-electron chi connectivity index (χ1n) is 7.59. The van der Waals surface area contributed by atoms with E-state index in [0.717, 1.165) is 49.3 Å². The fourth-order valence-electron chi connectivity index (χ4n) is 2.94. The average molecular weight is 287 g/mol. The van der Waals surface area contributed by atoms with Crippen LogP contribution in [0.25, 0.3) is 11.0 Å². The molecule has 1 aliphatic rings. The number of hydrogen-bond acceptors (Lipinski definition) is 4. The lowest BCUT2D eigenvalue weighted by Crippen LogP contribution is -2.39. The Morgan fingerprint density at radius 1 is 1.48 bits per heavy atom. The van der Waals surface area contributed by atoms with E-state index in [1.807, 2.05) is 31.2 Å². The molecule has 3 rings (SSSR count). The zero-order chi connectivity index (χ0) is 14.7. The molecule has 112 valence electrons. The predicted molar refractivity (Wildman–Crippen MR) is 80.7 cm³/mol. The van der Waals surface area contributed by atoms with Gasteiger partial charge in [0.2, 0.25) is 0 Å². The van der Waals surface area contributed by atoms with Crippen LogP contribution in [0.15, 0.2) is 24.3 Å². The third-order valence-electron chi connectivity index (χ3n) is 3.94. The van der Waals surface area contributed by atoms with Crippen molar-refractivity contribution in [2.24, 2.45) is 5.92 Å². The Morgan fingerprint density at radius 2 is 2.33 bits per heavy atom. The van der Waals surface area contributed by atoms with Gasteiger partial charge < -0.3 is 9.72 Å². The molecule has 5 nitrogen and oxygen atoms in total. The average Bonchev–Trinajstić information content (AvgIpc) is 2.90. The van der Waals surface area contributed by atoms with Gasteiger partial charge in [-0.05, 0) is 38.4 Å². The van der Waals surface area contributed by atoms with Crippen LogP contribution in [-0.2, 0) is 16.1 Å². The summed E-state index contributed by atoms with van der Waals surface area (Å²) in [5.74, 6) is 0.899. The Kier molecular flexibility index (Phi) is 4.20. The Bertz CT molecular complexity index is 590. The molecular weight excluding hydrogens is 266 g/mol. The third kappa shape index (κ3) is 3.24. The molecule has 0 spiro atoms. The van der Waals surface area contributed by atoms with Crippen LogP contribution in [0, 0.1) is 5.92 Å². The fraction of sp³-hybridized carbons (Fsp3) is 0.500. The van der Waals surface area contributed by atoms with Gasteiger partial charge in [-0.15, -0.1) is 0 Å². The summed E-state index contributed by atoms with van der Waals surface area (Å²) in [5, 5.41) is 0. The first kappa shape index (κ1) is 14.1. The number of aromatic nitrogens is 2. The van der Waals surface area contributed by atoms with Gasteiger partial charge in [0.05, 0.1) is 30.1 Å². The minimum Gasteiger partial charge on any atom is -0.466 e. The third-order valence-corrected chi connectivity index (χ3v) is 3.94. The lowest BCUT2D eigenvalue weighted by molar-refractivity contribution is -0.150. The molecule has 0 aliphatic carbocycles. The van der Waals surface area contributed by atoms with Crippen molar-refractivity contribution in [3.05, 3.63) is 30.1 Å². The van der Waals surface area contributed by atoms with Crippen molar-refractivity contribution in [3.63, 3.8) is 0 Å². The zero-order valence-corrected chi connectivity index (χ0v) is 12.3. The summed E-state index contributed by atoms with van der Waals surface area (Å²) in [6, 6.07) is 8.03. The van der Waals surface area contributed by atoms with E-state index in [2.05, 4.69) is 14.9 Å². The molecule has 1 N–H and O–H groups in total. The van der Waals surface area contributed by atoms with Crippen LogP contribution in [0.2, 0.25) is 0 Å². The normalized spacial score (nSPS) is 19.8. The van der Waals surface area contributed by atoms with E-state index in [1.165, 1.54) is 0 Å². The second-order valence-electron chi connectivity index (χ2n) is 5.53. The molecular formula is C16H21N3O2. The van der Waals surface area contributed by atoms with Gasteiger partial charge >= 0.3 is 5.97 Å². The zero-order valence-electron chi connectivity index (χ0n) is 12.3. The number of esters is 1. The van der Waals surface area contributed by atoms with Gasteiger partial charge in [-0.2, -0.15) is 0 Å². The number of hydrogen-bond donors (Lipinski definition) is 1. The summed E-state index contributed by atoms with van der Waals surface area (Å²) in [4.78, 5) is 22.1. The summed E-state index contributed by atoms with van der Waals surface area (Å²) in [6.07, 6.45) is 1.96. The van der Waals surface area contributed by atoms with Crippen LogP contribution in [0.3, 0.4) is 0 Å². The van der Waals surface area contributed by atoms with Crippen molar-refractivity contribution in [1.82, 2.24) is 14.9 Å². The maximum Gasteiger partial charge on any atom is 0.310 e. The van der Waals surface area contributed by atoms with Crippen LogP contribution in [-0.4, -0.2) is 40.5 Å². The molecule has 2 aromatic rings. The SMILES string of the molecule is CCOC(=O)[C@H]1CCCN(Cc2nc3ccccc3[nH]2)C1. The van der Waals surface area contributed by atoms with Gasteiger partial charge in [0, 0.05) is 6.54 Å². The van der Waals surface area contributed by atoms with Crippen molar-refractivity contribution < 1.29 is 9.53 Å². The molecule has 1 saturated heterocycles. The minimum atomic E-state index is -0.0631. The Balaban J connectivity index is 1.65. The van der Waals surface area contributed by atoms with Crippen LogP contribution in [0.5, 0.6) is 0 Å². The Labute approximate surface area is 124 Å². The first-order chi connectivity index (χ1) is 10.3. The number of H-pyrrole nitrogens is 1. The second-order valence-corrected chi connectivity index (χ2v) is 5.53. The fourth-order valence-corrected chi connectivity index (χ4v) is 2.94. The molecule has 2 heterocycles. The van der Waals surface area contributed by atoms with E-state index < -0.39 is 0 Å². The Morgan fingerprint density at radius 3 is 3.14 bits per heavy atom. The number of carbonyl (C=O) groups excluding carboxylic acids is 1. The highest BCUT2D eigenvalue weighted by Gasteiger charge is 2.27. The standard InChI is InChI=1S/C16H21N3O2/c1-2-21-16(20)12-6-5-9-19(10-12)11-15-17-13-7-3-4-8-14(13)18-15/h3-4,7-8,12H,2,5-6,9-11H2,1H3,(H,17,18)/t12-/m0/s1. The molecule has 1 aromatic carbocycles. The van der Waals surface area contributed by atoms with Crippen LogP contribution in [0.1, 0.15) is 25.6 Å². The van der Waals surface area contributed by atoms with Crippen LogP contribution >= 0.6 is 0 Å². The molecule has 1 atom stereocenters. The van der Waals surface area contributed by atoms with Crippen molar-refractivity contribution in [1.29, 1.82) is 0 Å². The number of aromatic amines is 1. The number of ether oxygens (including phenoxy) is 1. The second kappa shape index (κ2) is 6.26. The largest absolute Gasteiger partial charge is 0.466 e. The minimum absolute atomic E-state index is 0.00285. The number of benzene rings is 1. The number of nitrogens with zero attached hydrogens (tertiary/aromatic N) is 2. The summed E-state index contributed by atoms with van der Waals surface area (Å²) in [7, 11) is 0. The van der Waals surface area contributed by atoms with Crippen LogP contribution in [0.4, 0.5) is 0 Å². The number of rotatable bonds is 4. The van der Waals surface area contributed by atoms with Gasteiger partial charge in [-0.1, -0.05) is 12.1 Å². The van der Waals surface area contributed by atoms with Crippen molar-refractivity contribution in [2.45, 2.75) is 26.3 Å². The summed E-state index contributed by atoms with van der Waals surface area (Å²) >= 11 is 0. The molecule has 0 saturated carbocycles. The number of imidazole rings is 1. The van der Waals surface area contributed by atoms with Crippen molar-refractivity contribution in [3.8, 4) is 0 Å². The van der Waals surface area contributed by atoms with Crippen molar-refractivity contribution >= 4 is 17.0 Å². The number of likely N-dealkylation sites (tertiary alicyclic amines) is 1. The highest BCUT2D eigenvalue weighted by atomic mass is 16.5. The van der Waals surface area contributed by atoms with E-state index in [0.29, 0.717) is 6.61 Å². The van der Waals surface area contributed by atoms with E-state index in [1.54, 1.807) is 0 Å². The Hall–Kier alpha value is -1.88. The lowest BCUT2D eigenvalue weighted by Gasteiger charge is -2.30. The number of carbonyl (C=O) groups is 1. The topological polar surface area (TPSA) is 58.2 Å². The number of nitrogens with one attached hydrogen (secondary N) is 1. The molecule has 0 unspecified atom stereocenters. The highest BCUT2D eigenvalue weighted by Crippen LogP contribution is 2.20. The molecule has 0 bridgehead atoms. The van der Waals surface area contributed by atoms with E-state index in [9.17, 15) is 4.79 Å². The number of fused-ring (bicyclic) bond motifs is 1. The quantitative estimate of drug-likeness (QED) is 0.877. The summed E-state index contributed by atoms with van der Waals surface area (Å²) < 4.78 is 5.14. The van der Waals surface area contributed by atoms with E-state index in [-0.39, 0.29) is 11.9 Å². The predicted octanol–water partition coefficient (Wildman–Crippen LogP) is 2.34. The number of piperidine rings is 1. The van der Waals surface area contributed by atoms with E-state index in [4.69, 9.17) is 4.74 Å². The van der Waals surface area contributed by atoms with Crippen molar-refractivity contribution in [2.75, 3.05) is 19.7 Å². The molecule has 0 radical (unpaired) electrons.